The van der Waals surface area contributed by atoms with E-state index in [0.717, 1.165) is 25.1 Å². The Morgan fingerprint density at radius 2 is 1.83 bits per heavy atom. The van der Waals surface area contributed by atoms with Crippen molar-refractivity contribution in [1.82, 2.24) is 9.47 Å². The summed E-state index contributed by atoms with van der Waals surface area (Å²) in [5, 5.41) is 9.69. The number of hydrogen-bond donors (Lipinski definition) is 0. The summed E-state index contributed by atoms with van der Waals surface area (Å²) in [6, 6.07) is 8.01. The molecular weight excluding hydrogens is 483 g/mol. The molecule has 182 valence electrons. The third-order valence-electron chi connectivity index (χ3n) is 6.54. The number of benzene rings is 1. The van der Waals surface area contributed by atoms with Crippen LogP contribution < -0.4 is 10.5 Å². The van der Waals surface area contributed by atoms with E-state index in [1.807, 2.05) is 6.07 Å². The summed E-state index contributed by atoms with van der Waals surface area (Å²) < 4.78 is 15.2. The number of piperidine rings is 1. The number of amides is 1. The Balaban J connectivity index is 1.78. The monoisotopic (exact) mass is 510 g/mol. The van der Waals surface area contributed by atoms with Gasteiger partial charge < -0.3 is 4.90 Å². The average molecular weight is 511 g/mol. The molecule has 0 aliphatic carbocycles. The molecule has 1 amide bonds. The molecule has 2 atom stereocenters. The average Bonchev–Trinajstić information content (AvgIpc) is 3.06. The topological polar surface area (TPSA) is 69.3 Å². The number of pyridine rings is 1. The van der Waals surface area contributed by atoms with Crippen molar-refractivity contribution in [2.75, 3.05) is 18.0 Å². The molecule has 0 bridgehead atoms. The standard InChI is InChI=1S/C26H27FN4O2S2/c1-15-9-16(2)13-30(12-15)23-20(17(3)21(11-28)24(32)29(23)4)10-22-25(33)31(26(34)35-22)14-18-5-7-19(27)8-6-18/h5-8,10,15-16H,9,12-14H2,1-4H3. The number of nitriles is 1. The van der Waals surface area contributed by atoms with Gasteiger partial charge in [0.05, 0.1) is 11.4 Å². The molecule has 2 saturated heterocycles. The number of carbonyl (C=O) groups is 1. The maximum Gasteiger partial charge on any atom is 0.270 e. The fourth-order valence-electron chi connectivity index (χ4n) is 4.97. The van der Waals surface area contributed by atoms with Gasteiger partial charge in [-0.3, -0.25) is 19.1 Å². The van der Waals surface area contributed by atoms with Gasteiger partial charge in [-0.2, -0.15) is 5.26 Å². The molecule has 9 heteroatoms. The SMILES string of the molecule is Cc1c(C=C2SC(=S)N(Cc3ccc(F)cc3)C2=O)c(N2CC(C)CC(C)C2)n(C)c(=O)c1C#N. The molecule has 0 N–H and O–H groups in total. The third kappa shape index (κ3) is 4.91. The van der Waals surface area contributed by atoms with Crippen LogP contribution in [0.2, 0.25) is 0 Å². The fraction of sp³-hybridized carbons (Fsp3) is 0.385. The van der Waals surface area contributed by atoms with Crippen LogP contribution in [0.15, 0.2) is 34.0 Å². The summed E-state index contributed by atoms with van der Waals surface area (Å²) in [5.74, 6) is 1.03. The predicted octanol–water partition coefficient (Wildman–Crippen LogP) is 4.59. The van der Waals surface area contributed by atoms with Crippen LogP contribution in [0.25, 0.3) is 6.08 Å². The summed E-state index contributed by atoms with van der Waals surface area (Å²) >= 11 is 6.68. The number of hydrogen-bond acceptors (Lipinski definition) is 6. The molecule has 0 radical (unpaired) electrons. The van der Waals surface area contributed by atoms with Gasteiger partial charge in [-0.15, -0.1) is 0 Å². The summed E-state index contributed by atoms with van der Waals surface area (Å²) in [5.41, 5.74) is 1.74. The van der Waals surface area contributed by atoms with Crippen molar-refractivity contribution < 1.29 is 9.18 Å². The molecule has 2 aliphatic heterocycles. The maximum absolute atomic E-state index is 13.3. The number of halogens is 1. The normalized spacial score (nSPS) is 21.7. The quantitative estimate of drug-likeness (QED) is 0.443. The van der Waals surface area contributed by atoms with Crippen molar-refractivity contribution in [2.45, 2.75) is 33.7 Å². The molecule has 2 aromatic rings. The van der Waals surface area contributed by atoms with Crippen molar-refractivity contribution in [3.8, 4) is 6.07 Å². The van der Waals surface area contributed by atoms with E-state index >= 15 is 0 Å². The van der Waals surface area contributed by atoms with Gasteiger partial charge in [0.25, 0.3) is 11.5 Å². The van der Waals surface area contributed by atoms with Gasteiger partial charge in [-0.25, -0.2) is 4.39 Å². The molecule has 6 nitrogen and oxygen atoms in total. The molecule has 1 aromatic carbocycles. The zero-order valence-electron chi connectivity index (χ0n) is 20.2. The van der Waals surface area contributed by atoms with Crippen LogP contribution in [0.5, 0.6) is 0 Å². The van der Waals surface area contributed by atoms with Gasteiger partial charge in [0, 0.05) is 25.7 Å². The number of anilines is 1. The zero-order valence-corrected chi connectivity index (χ0v) is 21.8. The number of aromatic nitrogens is 1. The summed E-state index contributed by atoms with van der Waals surface area (Å²) in [7, 11) is 1.68. The van der Waals surface area contributed by atoms with Crippen molar-refractivity contribution >= 4 is 46.1 Å². The molecular formula is C26H27FN4O2S2. The van der Waals surface area contributed by atoms with Gasteiger partial charge in [-0.05, 0) is 54.5 Å². The lowest BCUT2D eigenvalue weighted by atomic mass is 9.91. The highest BCUT2D eigenvalue weighted by atomic mass is 32.2. The zero-order chi connectivity index (χ0) is 25.4. The van der Waals surface area contributed by atoms with E-state index in [4.69, 9.17) is 12.2 Å². The first-order valence-corrected chi connectivity index (χ1v) is 12.7. The van der Waals surface area contributed by atoms with Gasteiger partial charge in [-0.1, -0.05) is 50.0 Å². The van der Waals surface area contributed by atoms with Gasteiger partial charge >= 0.3 is 0 Å². The number of rotatable bonds is 4. The van der Waals surface area contributed by atoms with Crippen LogP contribution in [-0.4, -0.2) is 32.8 Å². The Bertz CT molecular complexity index is 1320. The van der Waals surface area contributed by atoms with Crippen LogP contribution in [0, 0.1) is 35.9 Å². The highest BCUT2D eigenvalue weighted by molar-refractivity contribution is 8.26. The minimum atomic E-state index is -0.341. The Labute approximate surface area is 214 Å². The number of carbonyl (C=O) groups excluding carboxylic acids is 1. The van der Waals surface area contributed by atoms with E-state index in [2.05, 4.69) is 18.7 Å². The summed E-state index contributed by atoms with van der Waals surface area (Å²) in [6.45, 7) is 7.96. The fourth-order valence-corrected chi connectivity index (χ4v) is 6.21. The van der Waals surface area contributed by atoms with Crippen molar-refractivity contribution in [2.24, 2.45) is 18.9 Å². The second-order valence-corrected chi connectivity index (χ2v) is 11.1. The van der Waals surface area contributed by atoms with Crippen LogP contribution >= 0.6 is 24.0 Å². The molecule has 3 heterocycles. The minimum Gasteiger partial charge on any atom is -0.357 e. The number of thiocarbonyl (C=S) groups is 1. The van der Waals surface area contributed by atoms with Crippen molar-refractivity contribution in [1.29, 1.82) is 5.26 Å². The van der Waals surface area contributed by atoms with E-state index in [1.165, 1.54) is 33.4 Å². The van der Waals surface area contributed by atoms with E-state index in [0.29, 0.717) is 38.0 Å². The van der Waals surface area contributed by atoms with Crippen LogP contribution in [0.4, 0.5) is 10.2 Å². The first-order chi connectivity index (χ1) is 16.6. The third-order valence-corrected chi connectivity index (χ3v) is 7.92. The molecule has 2 fully saturated rings. The number of thioether (sulfide) groups is 1. The Morgan fingerprint density at radius 3 is 2.43 bits per heavy atom. The highest BCUT2D eigenvalue weighted by Gasteiger charge is 2.34. The smallest absolute Gasteiger partial charge is 0.270 e. The summed E-state index contributed by atoms with van der Waals surface area (Å²) in [6.07, 6.45) is 2.87. The molecule has 2 aliphatic rings. The lowest BCUT2D eigenvalue weighted by molar-refractivity contribution is -0.122. The molecule has 2 unspecified atom stereocenters. The van der Waals surface area contributed by atoms with E-state index in [-0.39, 0.29) is 29.4 Å². The Hall–Kier alpha value is -2.96. The lowest BCUT2D eigenvalue weighted by Crippen LogP contribution is -2.42. The van der Waals surface area contributed by atoms with E-state index < -0.39 is 0 Å². The van der Waals surface area contributed by atoms with Crippen molar-refractivity contribution in [3.05, 3.63) is 67.6 Å². The Kier molecular flexibility index (Phi) is 7.15. The largest absolute Gasteiger partial charge is 0.357 e. The first-order valence-electron chi connectivity index (χ1n) is 11.5. The number of nitrogens with zero attached hydrogens (tertiary/aromatic N) is 4. The molecule has 1 aromatic heterocycles. The molecule has 0 saturated carbocycles. The van der Waals surface area contributed by atoms with Crippen LogP contribution in [-0.2, 0) is 18.4 Å². The Morgan fingerprint density at radius 1 is 1.20 bits per heavy atom. The van der Waals surface area contributed by atoms with Gasteiger partial charge in [0.2, 0.25) is 0 Å². The van der Waals surface area contributed by atoms with E-state index in [1.54, 1.807) is 32.2 Å². The predicted molar refractivity (Wildman–Crippen MR) is 141 cm³/mol. The van der Waals surface area contributed by atoms with Crippen molar-refractivity contribution in [3.63, 3.8) is 0 Å². The first kappa shape index (κ1) is 25.1. The molecule has 35 heavy (non-hydrogen) atoms. The maximum atomic E-state index is 13.3. The highest BCUT2D eigenvalue weighted by Crippen LogP contribution is 2.37. The second kappa shape index (κ2) is 9.96. The minimum absolute atomic E-state index is 0.0717. The summed E-state index contributed by atoms with van der Waals surface area (Å²) in [4.78, 5) is 30.4. The van der Waals surface area contributed by atoms with Gasteiger partial charge in [0.1, 0.15) is 27.6 Å². The molecule has 4 rings (SSSR count). The van der Waals surface area contributed by atoms with Gasteiger partial charge in [0.15, 0.2) is 0 Å². The molecule has 0 spiro atoms. The van der Waals surface area contributed by atoms with E-state index in [9.17, 15) is 19.2 Å². The van der Waals surface area contributed by atoms with Crippen LogP contribution in [0.3, 0.4) is 0 Å². The second-order valence-electron chi connectivity index (χ2n) is 9.46. The lowest BCUT2D eigenvalue weighted by Gasteiger charge is -2.38. The van der Waals surface area contributed by atoms with Crippen LogP contribution in [0.1, 0.15) is 42.5 Å².